The molecule has 2 aromatic carbocycles. The number of aromatic hydroxyl groups is 1. The highest BCUT2D eigenvalue weighted by atomic mass is 16.7. The third-order valence-electron chi connectivity index (χ3n) is 8.78. The first kappa shape index (κ1) is 30.5. The first-order valence-electron chi connectivity index (χ1n) is 14.9. The van der Waals surface area contributed by atoms with Gasteiger partial charge in [-0.05, 0) is 56.2 Å². The minimum atomic E-state index is -0.419. The first-order chi connectivity index (χ1) is 19.4. The fourth-order valence-corrected chi connectivity index (χ4v) is 6.22. The van der Waals surface area contributed by atoms with Gasteiger partial charge in [0.05, 0.1) is 26.2 Å². The molecule has 4 rings (SSSR count). The average molecular weight is 553 g/mol. The Hall–Kier alpha value is -2.45. The van der Waals surface area contributed by atoms with Crippen LogP contribution in [0.2, 0.25) is 0 Å². The summed E-state index contributed by atoms with van der Waals surface area (Å²) in [7, 11) is 3.22. The molecule has 1 aliphatic carbocycles. The molecule has 0 unspecified atom stereocenters. The summed E-state index contributed by atoms with van der Waals surface area (Å²) < 4.78 is 16.7. The van der Waals surface area contributed by atoms with Gasteiger partial charge in [-0.3, -0.25) is 9.69 Å². The summed E-state index contributed by atoms with van der Waals surface area (Å²) in [6, 6.07) is 16.9. The van der Waals surface area contributed by atoms with Crippen LogP contribution in [-0.4, -0.2) is 86.8 Å². The van der Waals surface area contributed by atoms with Gasteiger partial charge in [-0.1, -0.05) is 55.3 Å². The number of phenolic OH excluding ortho intramolecular Hbond substituents is 1. The van der Waals surface area contributed by atoms with Crippen molar-refractivity contribution >= 4 is 5.91 Å². The zero-order valence-electron chi connectivity index (χ0n) is 24.8. The van der Waals surface area contributed by atoms with E-state index in [1.54, 1.807) is 14.2 Å². The second-order valence-corrected chi connectivity index (χ2v) is 11.8. The van der Waals surface area contributed by atoms with Gasteiger partial charge in [0.25, 0.3) is 0 Å². The zero-order valence-corrected chi connectivity index (χ0v) is 24.8. The molecule has 2 fully saturated rings. The summed E-state index contributed by atoms with van der Waals surface area (Å²) in [6.07, 6.45) is 5.50. The van der Waals surface area contributed by atoms with E-state index in [0.717, 1.165) is 37.2 Å². The Balaban J connectivity index is 1.33. The summed E-state index contributed by atoms with van der Waals surface area (Å²) in [6.45, 7) is 8.31. The van der Waals surface area contributed by atoms with Crippen molar-refractivity contribution in [2.45, 2.75) is 70.1 Å². The van der Waals surface area contributed by atoms with Crippen LogP contribution >= 0.6 is 0 Å². The van der Waals surface area contributed by atoms with Gasteiger partial charge in [0.1, 0.15) is 5.75 Å². The zero-order chi connectivity index (χ0) is 28.5. The van der Waals surface area contributed by atoms with Crippen molar-refractivity contribution in [1.82, 2.24) is 9.80 Å². The van der Waals surface area contributed by atoms with Crippen LogP contribution in [-0.2, 0) is 30.8 Å². The summed E-state index contributed by atoms with van der Waals surface area (Å²) in [5, 5.41) is 10.9. The Labute approximate surface area is 240 Å². The van der Waals surface area contributed by atoms with Crippen molar-refractivity contribution in [3.63, 3.8) is 0 Å². The molecule has 40 heavy (non-hydrogen) atoms. The number of benzene rings is 2. The Kier molecular flexibility index (Phi) is 11.0. The van der Waals surface area contributed by atoms with Crippen LogP contribution in [0.4, 0.5) is 0 Å². The molecule has 1 aliphatic heterocycles. The molecule has 0 aromatic heterocycles. The lowest BCUT2D eigenvalue weighted by Crippen LogP contribution is -2.61. The van der Waals surface area contributed by atoms with E-state index in [0.29, 0.717) is 43.9 Å². The molecule has 1 amide bonds. The number of hydrogen-bond donors (Lipinski definition) is 1. The van der Waals surface area contributed by atoms with Crippen molar-refractivity contribution in [2.24, 2.45) is 5.92 Å². The van der Waals surface area contributed by atoms with Gasteiger partial charge in [0, 0.05) is 50.9 Å². The predicted molar refractivity (Wildman–Crippen MR) is 158 cm³/mol. The average Bonchev–Trinajstić information content (AvgIpc) is 3.45. The van der Waals surface area contributed by atoms with Crippen molar-refractivity contribution in [3.05, 3.63) is 65.2 Å². The Morgan fingerprint density at radius 2 is 1.75 bits per heavy atom. The molecular formula is C33H48N2O5. The van der Waals surface area contributed by atoms with Gasteiger partial charge in [-0.25, -0.2) is 0 Å². The number of ether oxygens (including phenoxy) is 3. The molecule has 1 saturated carbocycles. The Morgan fingerprint density at radius 3 is 2.40 bits per heavy atom. The summed E-state index contributed by atoms with van der Waals surface area (Å²) in [5.41, 5.74) is 3.13. The smallest absolute Gasteiger partial charge is 0.225 e. The molecule has 0 radical (unpaired) electrons. The molecule has 0 spiro atoms. The van der Waals surface area contributed by atoms with Gasteiger partial charge >= 0.3 is 0 Å². The second kappa shape index (κ2) is 14.4. The molecule has 1 heterocycles. The first-order valence-corrected chi connectivity index (χ1v) is 14.9. The van der Waals surface area contributed by atoms with E-state index in [4.69, 9.17) is 14.2 Å². The Morgan fingerprint density at radius 1 is 1.05 bits per heavy atom. The van der Waals surface area contributed by atoms with Crippen LogP contribution in [0.5, 0.6) is 5.75 Å². The third-order valence-corrected chi connectivity index (χ3v) is 8.78. The molecule has 1 N–H and O–H groups in total. The van der Waals surface area contributed by atoms with Gasteiger partial charge in [-0.15, -0.1) is 0 Å². The Bertz CT molecular complexity index is 1060. The van der Waals surface area contributed by atoms with E-state index in [-0.39, 0.29) is 11.3 Å². The lowest BCUT2D eigenvalue weighted by Gasteiger charge is -2.53. The van der Waals surface area contributed by atoms with Crippen molar-refractivity contribution in [2.75, 3.05) is 53.6 Å². The highest BCUT2D eigenvalue weighted by Crippen LogP contribution is 2.45. The lowest BCUT2D eigenvalue weighted by molar-refractivity contribution is -0.147. The standard InChI is InChI=1S/C33H48N2O5/c1-25(2)35-23-33(24-35,28-12-6-5-7-13-28)29-20-26(14-15-30(29)36)16-18-40-19-17-31(37)34(22-32(38-3)39-4)21-27-10-8-9-11-27/h5-7,12-15,20,25,27,32,36H,8-11,16-19,21-24H2,1-4H3. The number of nitrogens with zero attached hydrogens (tertiary/aromatic N) is 2. The molecule has 2 aromatic rings. The molecule has 0 bridgehead atoms. The number of hydrogen-bond acceptors (Lipinski definition) is 6. The van der Waals surface area contributed by atoms with E-state index in [9.17, 15) is 9.90 Å². The van der Waals surface area contributed by atoms with Gasteiger partial charge in [0.2, 0.25) is 5.91 Å². The molecule has 7 nitrogen and oxygen atoms in total. The quantitative estimate of drug-likeness (QED) is 0.248. The number of likely N-dealkylation sites (tertiary alicyclic amines) is 1. The number of methoxy groups -OCH3 is 2. The van der Waals surface area contributed by atoms with E-state index >= 15 is 0 Å². The van der Waals surface area contributed by atoms with Gasteiger partial charge < -0.3 is 24.2 Å². The highest BCUT2D eigenvalue weighted by Gasteiger charge is 2.47. The largest absolute Gasteiger partial charge is 0.508 e. The van der Waals surface area contributed by atoms with E-state index < -0.39 is 6.29 Å². The van der Waals surface area contributed by atoms with Crippen LogP contribution in [0.25, 0.3) is 0 Å². The number of amides is 1. The van der Waals surface area contributed by atoms with Crippen LogP contribution < -0.4 is 0 Å². The molecule has 7 heteroatoms. The lowest BCUT2D eigenvalue weighted by atomic mass is 9.67. The van der Waals surface area contributed by atoms with Crippen LogP contribution in [0, 0.1) is 5.92 Å². The second-order valence-electron chi connectivity index (χ2n) is 11.8. The predicted octanol–water partition coefficient (Wildman–Crippen LogP) is 4.99. The third kappa shape index (κ3) is 7.43. The maximum atomic E-state index is 13.1. The van der Waals surface area contributed by atoms with Crippen molar-refractivity contribution in [1.29, 1.82) is 0 Å². The molecule has 0 atom stereocenters. The number of carbonyl (C=O) groups is 1. The van der Waals surface area contributed by atoms with Gasteiger partial charge in [-0.2, -0.15) is 0 Å². The van der Waals surface area contributed by atoms with E-state index in [1.807, 2.05) is 23.1 Å². The molecule has 2 aliphatic rings. The molecular weight excluding hydrogens is 504 g/mol. The minimum absolute atomic E-state index is 0.0856. The van der Waals surface area contributed by atoms with Gasteiger partial charge in [0.15, 0.2) is 6.29 Å². The topological polar surface area (TPSA) is 71.5 Å². The van der Waals surface area contributed by atoms with Crippen molar-refractivity contribution in [3.8, 4) is 5.75 Å². The summed E-state index contributed by atoms with van der Waals surface area (Å²) >= 11 is 0. The SMILES string of the molecule is COC(CN(CC1CCCC1)C(=O)CCOCCc1ccc(O)c(C2(c3ccccc3)CN(C(C)C)C2)c1)OC. The van der Waals surface area contributed by atoms with Crippen LogP contribution in [0.1, 0.15) is 62.6 Å². The molecule has 1 saturated heterocycles. The minimum Gasteiger partial charge on any atom is -0.508 e. The van der Waals surface area contributed by atoms with Crippen LogP contribution in [0.15, 0.2) is 48.5 Å². The molecule has 220 valence electrons. The maximum absolute atomic E-state index is 13.1. The normalized spacial score (nSPS) is 17.4. The highest BCUT2D eigenvalue weighted by molar-refractivity contribution is 5.76. The summed E-state index contributed by atoms with van der Waals surface area (Å²) in [5.74, 6) is 0.989. The fraction of sp³-hybridized carbons (Fsp3) is 0.606. The van der Waals surface area contributed by atoms with E-state index in [2.05, 4.69) is 49.1 Å². The summed E-state index contributed by atoms with van der Waals surface area (Å²) in [4.78, 5) is 17.4. The maximum Gasteiger partial charge on any atom is 0.225 e. The van der Waals surface area contributed by atoms with Crippen LogP contribution in [0.3, 0.4) is 0 Å². The number of rotatable bonds is 15. The number of phenols is 1. The van der Waals surface area contributed by atoms with E-state index in [1.165, 1.54) is 31.2 Å². The fourth-order valence-electron chi connectivity index (χ4n) is 6.22. The van der Waals surface area contributed by atoms with Crippen molar-refractivity contribution < 1.29 is 24.1 Å². The monoisotopic (exact) mass is 552 g/mol. The number of carbonyl (C=O) groups excluding carboxylic acids is 1.